The summed E-state index contributed by atoms with van der Waals surface area (Å²) >= 11 is 0. The van der Waals surface area contributed by atoms with E-state index in [-0.39, 0.29) is 0 Å². The fourth-order valence-corrected chi connectivity index (χ4v) is 3.67. The van der Waals surface area contributed by atoms with Crippen molar-refractivity contribution in [3.05, 3.63) is 0 Å². The second-order valence-corrected chi connectivity index (χ2v) is 6.51. The molecule has 114 valence electrons. The van der Waals surface area contributed by atoms with Crippen LogP contribution < -0.4 is 5.32 Å². The molecule has 2 heteroatoms. The first-order valence-corrected chi connectivity index (χ1v) is 8.62. The van der Waals surface area contributed by atoms with E-state index in [1.54, 1.807) is 0 Å². The fraction of sp³-hybridized carbons (Fsp3) is 1.00. The molecule has 0 aromatic rings. The van der Waals surface area contributed by atoms with Crippen molar-refractivity contribution < 1.29 is 0 Å². The van der Waals surface area contributed by atoms with Gasteiger partial charge in [0.1, 0.15) is 0 Å². The van der Waals surface area contributed by atoms with Gasteiger partial charge in [-0.2, -0.15) is 0 Å². The highest BCUT2D eigenvalue weighted by Crippen LogP contribution is 2.35. The van der Waals surface area contributed by atoms with E-state index in [0.717, 1.165) is 5.92 Å². The monoisotopic (exact) mass is 268 g/mol. The summed E-state index contributed by atoms with van der Waals surface area (Å²) in [7, 11) is 0. The third kappa shape index (κ3) is 5.43. The third-order valence-corrected chi connectivity index (χ3v) is 5.12. The van der Waals surface area contributed by atoms with Gasteiger partial charge in [0.25, 0.3) is 0 Å². The lowest BCUT2D eigenvalue weighted by Crippen LogP contribution is -2.45. The van der Waals surface area contributed by atoms with E-state index in [4.69, 9.17) is 0 Å². The minimum Gasteiger partial charge on any atom is -0.317 e. The summed E-state index contributed by atoms with van der Waals surface area (Å²) in [5.41, 5.74) is 0.599. The topological polar surface area (TPSA) is 15.3 Å². The number of hydrogen-bond donors (Lipinski definition) is 1. The number of hydrogen-bond acceptors (Lipinski definition) is 2. The van der Waals surface area contributed by atoms with Crippen LogP contribution in [0.3, 0.4) is 0 Å². The van der Waals surface area contributed by atoms with Crippen molar-refractivity contribution in [2.75, 3.05) is 32.7 Å². The van der Waals surface area contributed by atoms with Gasteiger partial charge in [0.05, 0.1) is 0 Å². The predicted molar refractivity (Wildman–Crippen MR) is 85.6 cm³/mol. The van der Waals surface area contributed by atoms with Crippen LogP contribution in [-0.2, 0) is 0 Å². The molecular formula is C17H36N2. The van der Waals surface area contributed by atoms with E-state index in [1.165, 1.54) is 71.2 Å². The number of nitrogens with zero attached hydrogens (tertiary/aromatic N) is 1. The van der Waals surface area contributed by atoms with Gasteiger partial charge in [-0.05, 0) is 50.2 Å². The number of rotatable bonds is 9. The zero-order valence-corrected chi connectivity index (χ0v) is 13.8. The van der Waals surface area contributed by atoms with Crippen LogP contribution >= 0.6 is 0 Å². The van der Waals surface area contributed by atoms with Crippen LogP contribution in [0.5, 0.6) is 0 Å². The number of nitrogens with one attached hydrogen (secondary N) is 1. The Morgan fingerprint density at radius 3 is 2.16 bits per heavy atom. The maximum Gasteiger partial charge on any atom is 0.00389 e. The molecule has 19 heavy (non-hydrogen) atoms. The van der Waals surface area contributed by atoms with Crippen molar-refractivity contribution in [2.45, 2.75) is 66.2 Å². The van der Waals surface area contributed by atoms with E-state index in [1.807, 2.05) is 0 Å². The van der Waals surface area contributed by atoms with Crippen LogP contribution in [0.25, 0.3) is 0 Å². The summed E-state index contributed by atoms with van der Waals surface area (Å²) in [4.78, 5) is 2.73. The van der Waals surface area contributed by atoms with Crippen molar-refractivity contribution in [3.63, 3.8) is 0 Å². The van der Waals surface area contributed by atoms with Gasteiger partial charge >= 0.3 is 0 Å². The largest absolute Gasteiger partial charge is 0.317 e. The second-order valence-electron chi connectivity index (χ2n) is 6.51. The van der Waals surface area contributed by atoms with Crippen LogP contribution in [0.15, 0.2) is 0 Å². The van der Waals surface area contributed by atoms with Gasteiger partial charge in [-0.25, -0.2) is 0 Å². The molecule has 0 amide bonds. The van der Waals surface area contributed by atoms with Crippen molar-refractivity contribution in [1.29, 1.82) is 0 Å². The van der Waals surface area contributed by atoms with E-state index < -0.39 is 0 Å². The Kier molecular flexibility index (Phi) is 8.01. The highest BCUT2D eigenvalue weighted by atomic mass is 15.1. The first-order valence-electron chi connectivity index (χ1n) is 8.62. The lowest BCUT2D eigenvalue weighted by atomic mass is 9.75. The Morgan fingerprint density at radius 2 is 1.68 bits per heavy atom. The molecule has 1 N–H and O–H groups in total. The average Bonchev–Trinajstić information content (AvgIpc) is 2.44. The van der Waals surface area contributed by atoms with Gasteiger partial charge in [0, 0.05) is 13.1 Å². The molecule has 1 aliphatic rings. The Bertz CT molecular complexity index is 212. The molecule has 0 spiro atoms. The first-order chi connectivity index (χ1) is 9.19. The Labute approximate surface area is 121 Å². The minimum absolute atomic E-state index is 0.599. The summed E-state index contributed by atoms with van der Waals surface area (Å²) in [6.45, 7) is 15.7. The van der Waals surface area contributed by atoms with Crippen molar-refractivity contribution in [2.24, 2.45) is 11.3 Å². The number of piperidine rings is 1. The molecule has 1 heterocycles. The van der Waals surface area contributed by atoms with Gasteiger partial charge in [0.15, 0.2) is 0 Å². The molecule has 0 aromatic carbocycles. The molecule has 0 bridgehead atoms. The van der Waals surface area contributed by atoms with Gasteiger partial charge < -0.3 is 10.2 Å². The summed E-state index contributed by atoms with van der Waals surface area (Å²) in [6.07, 6.45) is 8.15. The molecular weight excluding hydrogens is 232 g/mol. The van der Waals surface area contributed by atoms with Crippen molar-refractivity contribution in [1.82, 2.24) is 10.2 Å². The molecule has 1 aliphatic heterocycles. The fourth-order valence-electron chi connectivity index (χ4n) is 3.67. The highest BCUT2D eigenvalue weighted by Gasteiger charge is 2.32. The van der Waals surface area contributed by atoms with E-state index in [2.05, 4.69) is 37.9 Å². The molecule has 0 aliphatic carbocycles. The van der Waals surface area contributed by atoms with E-state index in [9.17, 15) is 0 Å². The average molecular weight is 268 g/mol. The van der Waals surface area contributed by atoms with Crippen molar-refractivity contribution in [3.8, 4) is 0 Å². The van der Waals surface area contributed by atoms with Crippen LogP contribution in [0.1, 0.15) is 66.2 Å². The lowest BCUT2D eigenvalue weighted by Gasteiger charge is -2.42. The van der Waals surface area contributed by atoms with Crippen molar-refractivity contribution >= 4 is 0 Å². The predicted octanol–water partition coefficient (Wildman–Crippen LogP) is 3.91. The van der Waals surface area contributed by atoms with Gasteiger partial charge in [0.2, 0.25) is 0 Å². The molecule has 0 atom stereocenters. The molecule has 1 fully saturated rings. The highest BCUT2D eigenvalue weighted by molar-refractivity contribution is 4.87. The molecule has 1 rings (SSSR count). The summed E-state index contributed by atoms with van der Waals surface area (Å²) in [5, 5.41) is 3.53. The van der Waals surface area contributed by atoms with Crippen LogP contribution in [0, 0.1) is 11.3 Å². The minimum atomic E-state index is 0.599. The molecule has 0 unspecified atom stereocenters. The van der Waals surface area contributed by atoms with Crippen LogP contribution in [0.2, 0.25) is 0 Å². The van der Waals surface area contributed by atoms with E-state index >= 15 is 0 Å². The van der Waals surface area contributed by atoms with Gasteiger partial charge in [-0.15, -0.1) is 0 Å². The zero-order chi connectivity index (χ0) is 14.1. The summed E-state index contributed by atoms with van der Waals surface area (Å²) < 4.78 is 0. The van der Waals surface area contributed by atoms with E-state index in [0.29, 0.717) is 5.41 Å². The zero-order valence-electron chi connectivity index (χ0n) is 13.8. The van der Waals surface area contributed by atoms with Gasteiger partial charge in [-0.3, -0.25) is 0 Å². The maximum absolute atomic E-state index is 3.53. The molecule has 2 nitrogen and oxygen atoms in total. The molecule has 0 radical (unpaired) electrons. The van der Waals surface area contributed by atoms with Gasteiger partial charge in [-0.1, -0.05) is 47.0 Å². The Balaban J connectivity index is 2.58. The molecule has 0 aromatic heterocycles. The Morgan fingerprint density at radius 1 is 1.05 bits per heavy atom. The van der Waals surface area contributed by atoms with Crippen LogP contribution in [-0.4, -0.2) is 37.6 Å². The summed E-state index contributed by atoms with van der Waals surface area (Å²) in [6, 6.07) is 0. The first kappa shape index (κ1) is 17.0. The summed E-state index contributed by atoms with van der Waals surface area (Å²) in [5.74, 6) is 0.889. The quantitative estimate of drug-likeness (QED) is 0.682. The Hall–Kier alpha value is -0.0800. The van der Waals surface area contributed by atoms with Crippen LogP contribution in [0.4, 0.5) is 0 Å². The normalized spacial score (nSPS) is 19.3. The molecule has 0 saturated carbocycles. The smallest absolute Gasteiger partial charge is 0.00389 e. The second kappa shape index (κ2) is 8.97. The standard InChI is InChI=1S/C17H36N2/c1-5-9-17(10-12-18-13-11-17)15-19(8-4)14-16(6-2)7-3/h16,18H,5-15H2,1-4H3. The third-order valence-electron chi connectivity index (χ3n) is 5.12. The lowest BCUT2D eigenvalue weighted by molar-refractivity contribution is 0.0921. The SMILES string of the molecule is CCCC1(CN(CC)CC(CC)CC)CCNCC1. The maximum atomic E-state index is 3.53. The molecule has 1 saturated heterocycles.